The van der Waals surface area contributed by atoms with Gasteiger partial charge in [0.2, 0.25) is 0 Å². The van der Waals surface area contributed by atoms with Crippen LogP contribution in [0, 0.1) is 0 Å². The Morgan fingerprint density at radius 3 is 2.79 bits per heavy atom. The molecule has 0 bridgehead atoms. The summed E-state index contributed by atoms with van der Waals surface area (Å²) in [7, 11) is 1.69. The van der Waals surface area contributed by atoms with Gasteiger partial charge in [0.15, 0.2) is 5.13 Å². The van der Waals surface area contributed by atoms with Crippen molar-refractivity contribution in [1.29, 1.82) is 0 Å². The molecule has 0 aromatic carbocycles. The fraction of sp³-hybridized carbons (Fsp3) is 0.538. The molecule has 0 aliphatic heterocycles. The Balaban J connectivity index is 2.08. The first-order chi connectivity index (χ1) is 9.00. The Morgan fingerprint density at radius 2 is 2.16 bits per heavy atom. The minimum absolute atomic E-state index is 0.0957. The lowest BCUT2D eigenvalue weighted by Crippen LogP contribution is -2.09. The van der Waals surface area contributed by atoms with Crippen LogP contribution < -0.4 is 5.32 Å². The van der Waals surface area contributed by atoms with Gasteiger partial charge in [-0.05, 0) is 0 Å². The molecule has 0 spiro atoms. The number of nitrogens with zero attached hydrogens (tertiary/aromatic N) is 2. The summed E-state index contributed by atoms with van der Waals surface area (Å²) >= 11 is 3.33. The lowest BCUT2D eigenvalue weighted by molar-refractivity contribution is 0.211. The minimum atomic E-state index is 0.0957. The fourth-order valence-electron chi connectivity index (χ4n) is 1.47. The van der Waals surface area contributed by atoms with Crippen molar-refractivity contribution in [2.75, 3.05) is 25.6 Å². The maximum Gasteiger partial charge on any atom is 0.183 e. The second kappa shape index (κ2) is 5.98. The number of aromatic nitrogens is 2. The first-order valence-electron chi connectivity index (χ1n) is 6.15. The Hall–Kier alpha value is -0.980. The normalized spacial score (nSPS) is 11.8. The van der Waals surface area contributed by atoms with E-state index in [1.165, 1.54) is 0 Å². The van der Waals surface area contributed by atoms with Crippen molar-refractivity contribution in [2.24, 2.45) is 0 Å². The summed E-state index contributed by atoms with van der Waals surface area (Å²) in [5.74, 6) is 0. The van der Waals surface area contributed by atoms with Gasteiger partial charge < -0.3 is 10.1 Å². The fourth-order valence-corrected chi connectivity index (χ4v) is 3.22. The van der Waals surface area contributed by atoms with E-state index in [0.717, 1.165) is 27.3 Å². The third kappa shape index (κ3) is 3.75. The van der Waals surface area contributed by atoms with E-state index in [9.17, 15) is 0 Å². The Labute approximate surface area is 121 Å². The predicted molar refractivity (Wildman–Crippen MR) is 82.3 cm³/mol. The predicted octanol–water partition coefficient (Wildman–Crippen LogP) is 3.62. The van der Waals surface area contributed by atoms with Crippen LogP contribution in [0.25, 0.3) is 10.6 Å². The highest BCUT2D eigenvalue weighted by Gasteiger charge is 2.19. The SMILES string of the molecule is COCCNc1nc(-c2cnc(C(C)(C)C)s2)cs1. The molecule has 0 amide bonds. The average Bonchev–Trinajstić information content (AvgIpc) is 2.96. The van der Waals surface area contributed by atoms with Gasteiger partial charge in [-0.3, -0.25) is 0 Å². The van der Waals surface area contributed by atoms with E-state index >= 15 is 0 Å². The molecular weight excluding hydrogens is 278 g/mol. The number of rotatable bonds is 5. The summed E-state index contributed by atoms with van der Waals surface area (Å²) in [6.07, 6.45) is 1.92. The van der Waals surface area contributed by atoms with Crippen LogP contribution in [-0.4, -0.2) is 30.2 Å². The topological polar surface area (TPSA) is 47.0 Å². The van der Waals surface area contributed by atoms with Gasteiger partial charge in [-0.2, -0.15) is 0 Å². The van der Waals surface area contributed by atoms with Crippen LogP contribution in [-0.2, 0) is 10.2 Å². The summed E-state index contributed by atoms with van der Waals surface area (Å²) in [4.78, 5) is 10.2. The summed E-state index contributed by atoms with van der Waals surface area (Å²) in [6, 6.07) is 0. The molecule has 0 saturated carbocycles. The van der Waals surface area contributed by atoms with Crippen molar-refractivity contribution in [3.63, 3.8) is 0 Å². The van der Waals surface area contributed by atoms with Gasteiger partial charge >= 0.3 is 0 Å². The number of thiazole rings is 2. The van der Waals surface area contributed by atoms with Gasteiger partial charge in [0.05, 0.1) is 22.2 Å². The maximum atomic E-state index is 5.00. The molecule has 0 fully saturated rings. The summed E-state index contributed by atoms with van der Waals surface area (Å²) < 4.78 is 5.00. The zero-order chi connectivity index (χ0) is 13.9. The van der Waals surface area contributed by atoms with Crippen molar-refractivity contribution >= 4 is 27.8 Å². The molecular formula is C13H19N3OS2. The molecule has 0 aliphatic carbocycles. The summed E-state index contributed by atoms with van der Waals surface area (Å²) in [5, 5.41) is 7.38. The molecule has 0 aliphatic rings. The smallest absolute Gasteiger partial charge is 0.183 e. The number of hydrogen-bond donors (Lipinski definition) is 1. The van der Waals surface area contributed by atoms with Gasteiger partial charge in [-0.1, -0.05) is 20.8 Å². The van der Waals surface area contributed by atoms with Gasteiger partial charge in [0.1, 0.15) is 0 Å². The van der Waals surface area contributed by atoms with Crippen molar-refractivity contribution < 1.29 is 4.74 Å². The monoisotopic (exact) mass is 297 g/mol. The summed E-state index contributed by atoms with van der Waals surface area (Å²) in [6.45, 7) is 7.99. The van der Waals surface area contributed by atoms with Gasteiger partial charge in [-0.15, -0.1) is 22.7 Å². The highest BCUT2D eigenvalue weighted by atomic mass is 32.1. The highest BCUT2D eigenvalue weighted by Crippen LogP contribution is 2.33. The quantitative estimate of drug-likeness (QED) is 0.856. The zero-order valence-electron chi connectivity index (χ0n) is 11.7. The molecule has 0 unspecified atom stereocenters. The lowest BCUT2D eigenvalue weighted by atomic mass is 9.98. The van der Waals surface area contributed by atoms with E-state index in [2.05, 4.69) is 41.4 Å². The van der Waals surface area contributed by atoms with Gasteiger partial charge in [0.25, 0.3) is 0 Å². The summed E-state index contributed by atoms with van der Waals surface area (Å²) in [5.41, 5.74) is 1.09. The standard InChI is InChI=1S/C13H19N3OS2/c1-13(2,3)11-15-7-10(19-11)9-8-18-12(16-9)14-5-6-17-4/h7-8H,5-6H2,1-4H3,(H,14,16). The number of ether oxygens (including phenoxy) is 1. The van der Waals surface area contributed by atoms with Crippen molar-refractivity contribution in [3.05, 3.63) is 16.6 Å². The highest BCUT2D eigenvalue weighted by molar-refractivity contribution is 7.16. The van der Waals surface area contributed by atoms with Crippen molar-refractivity contribution in [2.45, 2.75) is 26.2 Å². The molecule has 2 rings (SSSR count). The average molecular weight is 297 g/mol. The first kappa shape index (κ1) is 14.4. The molecule has 1 N–H and O–H groups in total. The van der Waals surface area contributed by atoms with E-state index in [1.54, 1.807) is 29.8 Å². The maximum absolute atomic E-state index is 5.00. The number of nitrogens with one attached hydrogen (secondary N) is 1. The van der Waals surface area contributed by atoms with E-state index in [-0.39, 0.29) is 5.41 Å². The van der Waals surface area contributed by atoms with E-state index < -0.39 is 0 Å². The van der Waals surface area contributed by atoms with Crippen molar-refractivity contribution in [3.8, 4) is 10.6 Å². The minimum Gasteiger partial charge on any atom is -0.383 e. The van der Waals surface area contributed by atoms with E-state index in [4.69, 9.17) is 4.74 Å². The zero-order valence-corrected chi connectivity index (χ0v) is 13.3. The molecule has 104 valence electrons. The Kier molecular flexibility index (Phi) is 4.54. The number of methoxy groups -OCH3 is 1. The Bertz CT molecular complexity index is 528. The third-order valence-corrected chi connectivity index (χ3v) is 4.73. The lowest BCUT2D eigenvalue weighted by Gasteiger charge is -2.13. The second-order valence-corrected chi connectivity index (χ2v) is 7.13. The van der Waals surface area contributed by atoms with Gasteiger partial charge in [-0.25, -0.2) is 9.97 Å². The molecule has 0 radical (unpaired) electrons. The number of hydrogen-bond acceptors (Lipinski definition) is 6. The molecule has 4 nitrogen and oxygen atoms in total. The van der Waals surface area contributed by atoms with Crippen LogP contribution in [0.2, 0.25) is 0 Å². The molecule has 2 aromatic heterocycles. The van der Waals surface area contributed by atoms with E-state index in [1.807, 2.05) is 6.20 Å². The van der Waals surface area contributed by atoms with Crippen LogP contribution in [0.3, 0.4) is 0 Å². The van der Waals surface area contributed by atoms with Crippen LogP contribution in [0.5, 0.6) is 0 Å². The largest absolute Gasteiger partial charge is 0.383 e. The molecule has 19 heavy (non-hydrogen) atoms. The van der Waals surface area contributed by atoms with E-state index in [0.29, 0.717) is 6.61 Å². The molecule has 0 atom stereocenters. The molecule has 2 heterocycles. The second-order valence-electron chi connectivity index (χ2n) is 5.24. The van der Waals surface area contributed by atoms with Crippen LogP contribution in [0.4, 0.5) is 5.13 Å². The third-order valence-electron chi connectivity index (χ3n) is 2.49. The van der Waals surface area contributed by atoms with Gasteiger partial charge in [0, 0.05) is 30.6 Å². The van der Waals surface area contributed by atoms with Crippen LogP contribution >= 0.6 is 22.7 Å². The first-order valence-corrected chi connectivity index (χ1v) is 7.85. The molecule has 0 saturated heterocycles. The molecule has 6 heteroatoms. The number of anilines is 1. The molecule has 2 aromatic rings. The van der Waals surface area contributed by atoms with Crippen LogP contribution in [0.1, 0.15) is 25.8 Å². The Morgan fingerprint density at radius 1 is 1.37 bits per heavy atom. The van der Waals surface area contributed by atoms with Crippen LogP contribution in [0.15, 0.2) is 11.6 Å². The van der Waals surface area contributed by atoms with Crippen molar-refractivity contribution in [1.82, 2.24) is 9.97 Å².